The number of H-pyrrole nitrogens is 1. The van der Waals surface area contributed by atoms with Gasteiger partial charge in [0.25, 0.3) is 5.56 Å². The fraction of sp³-hybridized carbons (Fsp3) is 0. The normalized spacial score (nSPS) is 10.2. The van der Waals surface area contributed by atoms with Crippen LogP contribution in [0.15, 0.2) is 53.5 Å². The largest absolute Gasteiger partial charge is 0.352 e. The lowest BCUT2D eigenvalue weighted by Crippen LogP contribution is -2.13. The Bertz CT molecular complexity index is 862. The van der Waals surface area contributed by atoms with Crippen LogP contribution in [0.3, 0.4) is 0 Å². The highest BCUT2D eigenvalue weighted by Gasteiger charge is 2.13. The molecule has 20 heavy (non-hydrogen) atoms. The third kappa shape index (κ3) is 1.99. The summed E-state index contributed by atoms with van der Waals surface area (Å²) in [5, 5.41) is 12.3. The Morgan fingerprint density at radius 3 is 2.70 bits per heavy atom. The zero-order chi connectivity index (χ0) is 13.9. The zero-order valence-electron chi connectivity index (χ0n) is 10.4. The fourth-order valence-corrected chi connectivity index (χ4v) is 2.02. The van der Waals surface area contributed by atoms with Crippen molar-refractivity contribution in [3.05, 3.63) is 64.6 Å². The molecule has 1 aromatic carbocycles. The molecule has 0 aliphatic carbocycles. The van der Waals surface area contributed by atoms with Crippen LogP contribution >= 0.6 is 0 Å². The van der Waals surface area contributed by atoms with Crippen LogP contribution in [0, 0.1) is 11.3 Å². The van der Waals surface area contributed by atoms with Gasteiger partial charge in [0.1, 0.15) is 17.1 Å². The number of pyridine rings is 2. The summed E-state index contributed by atoms with van der Waals surface area (Å²) in [6.45, 7) is 0. The van der Waals surface area contributed by atoms with E-state index in [4.69, 9.17) is 0 Å². The van der Waals surface area contributed by atoms with E-state index in [1.165, 1.54) is 0 Å². The standard InChI is InChI=1S/C15H10N4O/c16-9-11-13(18-10-5-2-1-3-6-10)14-12(19-15(11)20)7-4-8-17-14/h1-8H,(H2,18,19,20). The Morgan fingerprint density at radius 1 is 1.15 bits per heavy atom. The fourth-order valence-electron chi connectivity index (χ4n) is 2.02. The highest BCUT2D eigenvalue weighted by Crippen LogP contribution is 2.24. The molecule has 2 N–H and O–H groups in total. The maximum absolute atomic E-state index is 11.9. The van der Waals surface area contributed by atoms with Crippen molar-refractivity contribution in [3.8, 4) is 6.07 Å². The monoisotopic (exact) mass is 262 g/mol. The molecule has 0 unspecified atom stereocenters. The molecule has 0 saturated carbocycles. The number of nitrogens with zero attached hydrogens (tertiary/aromatic N) is 2. The van der Waals surface area contributed by atoms with Crippen molar-refractivity contribution >= 4 is 22.4 Å². The summed E-state index contributed by atoms with van der Waals surface area (Å²) < 4.78 is 0. The molecule has 2 aromatic heterocycles. The second kappa shape index (κ2) is 4.86. The number of nitrogens with one attached hydrogen (secondary N) is 2. The molecule has 0 spiro atoms. The first-order chi connectivity index (χ1) is 9.79. The van der Waals surface area contributed by atoms with E-state index in [-0.39, 0.29) is 5.56 Å². The van der Waals surface area contributed by atoms with Crippen LogP contribution in [0.1, 0.15) is 5.56 Å². The molecule has 0 amide bonds. The lowest BCUT2D eigenvalue weighted by molar-refractivity contribution is 1.24. The van der Waals surface area contributed by atoms with Crippen molar-refractivity contribution in [2.75, 3.05) is 5.32 Å². The lowest BCUT2D eigenvalue weighted by atomic mass is 10.2. The molecule has 96 valence electrons. The lowest BCUT2D eigenvalue weighted by Gasteiger charge is -2.10. The molecule has 0 fully saturated rings. The van der Waals surface area contributed by atoms with E-state index in [2.05, 4.69) is 15.3 Å². The molecule has 0 saturated heterocycles. The number of aromatic amines is 1. The number of benzene rings is 1. The summed E-state index contributed by atoms with van der Waals surface area (Å²) in [4.78, 5) is 18.8. The minimum absolute atomic E-state index is 0.0278. The topological polar surface area (TPSA) is 81.6 Å². The molecule has 2 heterocycles. The Balaban J connectivity index is 2.27. The van der Waals surface area contributed by atoms with Gasteiger partial charge in [-0.05, 0) is 24.3 Å². The molecular weight excluding hydrogens is 252 g/mol. The predicted molar refractivity (Wildman–Crippen MR) is 76.8 cm³/mol. The van der Waals surface area contributed by atoms with E-state index in [0.717, 1.165) is 5.69 Å². The van der Waals surface area contributed by atoms with E-state index in [1.54, 1.807) is 18.3 Å². The molecule has 5 heteroatoms. The van der Waals surface area contributed by atoms with Crippen molar-refractivity contribution in [1.29, 1.82) is 5.26 Å². The first kappa shape index (κ1) is 11.9. The van der Waals surface area contributed by atoms with E-state index >= 15 is 0 Å². The SMILES string of the molecule is N#Cc1c(Nc2ccccc2)c2ncccc2[nH]c1=O. The second-order valence-corrected chi connectivity index (χ2v) is 4.21. The summed E-state index contributed by atoms with van der Waals surface area (Å²) in [6.07, 6.45) is 1.62. The quantitative estimate of drug-likeness (QED) is 0.743. The molecule has 0 aliphatic heterocycles. The van der Waals surface area contributed by atoms with Crippen molar-refractivity contribution < 1.29 is 0 Å². The summed E-state index contributed by atoms with van der Waals surface area (Å²) in [6, 6.07) is 14.8. The number of aromatic nitrogens is 2. The molecule has 0 radical (unpaired) electrons. The van der Waals surface area contributed by atoms with Gasteiger partial charge >= 0.3 is 0 Å². The van der Waals surface area contributed by atoms with Crippen LogP contribution in [0.4, 0.5) is 11.4 Å². The number of hydrogen-bond acceptors (Lipinski definition) is 4. The third-order valence-electron chi connectivity index (χ3n) is 2.92. The maximum atomic E-state index is 11.9. The van der Waals surface area contributed by atoms with Gasteiger partial charge < -0.3 is 10.3 Å². The number of anilines is 2. The average Bonchev–Trinajstić information content (AvgIpc) is 2.48. The number of rotatable bonds is 2. The van der Waals surface area contributed by atoms with Gasteiger partial charge in [-0.2, -0.15) is 5.26 Å². The van der Waals surface area contributed by atoms with Crippen LogP contribution in [0.5, 0.6) is 0 Å². The van der Waals surface area contributed by atoms with Gasteiger partial charge in [0.05, 0.1) is 11.2 Å². The van der Waals surface area contributed by atoms with Gasteiger partial charge in [0, 0.05) is 11.9 Å². The zero-order valence-corrected chi connectivity index (χ0v) is 10.4. The summed E-state index contributed by atoms with van der Waals surface area (Å²) in [7, 11) is 0. The highest BCUT2D eigenvalue weighted by molar-refractivity contribution is 5.92. The first-order valence-electron chi connectivity index (χ1n) is 6.03. The number of nitriles is 1. The van der Waals surface area contributed by atoms with Crippen molar-refractivity contribution in [1.82, 2.24) is 9.97 Å². The van der Waals surface area contributed by atoms with E-state index in [1.807, 2.05) is 36.4 Å². The molecule has 0 bridgehead atoms. The van der Waals surface area contributed by atoms with Crippen LogP contribution in [-0.4, -0.2) is 9.97 Å². The van der Waals surface area contributed by atoms with Gasteiger partial charge in [-0.15, -0.1) is 0 Å². The van der Waals surface area contributed by atoms with Gasteiger partial charge in [0.2, 0.25) is 0 Å². The van der Waals surface area contributed by atoms with Crippen molar-refractivity contribution in [3.63, 3.8) is 0 Å². The number of hydrogen-bond donors (Lipinski definition) is 2. The summed E-state index contributed by atoms with van der Waals surface area (Å²) in [5.41, 5.74) is 1.98. The minimum Gasteiger partial charge on any atom is -0.352 e. The molecule has 3 aromatic rings. The Hall–Kier alpha value is -3.13. The van der Waals surface area contributed by atoms with E-state index < -0.39 is 5.56 Å². The average molecular weight is 262 g/mol. The van der Waals surface area contributed by atoms with Crippen LogP contribution in [0.2, 0.25) is 0 Å². The van der Waals surface area contributed by atoms with Crippen molar-refractivity contribution in [2.24, 2.45) is 0 Å². The minimum atomic E-state index is -0.425. The molecule has 0 atom stereocenters. The van der Waals surface area contributed by atoms with E-state index in [0.29, 0.717) is 16.7 Å². The van der Waals surface area contributed by atoms with Gasteiger partial charge in [-0.25, -0.2) is 0 Å². The predicted octanol–water partition coefficient (Wildman–Crippen LogP) is 2.54. The van der Waals surface area contributed by atoms with Gasteiger partial charge in [-0.3, -0.25) is 9.78 Å². The summed E-state index contributed by atoms with van der Waals surface area (Å²) >= 11 is 0. The van der Waals surface area contributed by atoms with Crippen LogP contribution in [-0.2, 0) is 0 Å². The Morgan fingerprint density at radius 2 is 1.95 bits per heavy atom. The van der Waals surface area contributed by atoms with E-state index in [9.17, 15) is 10.1 Å². The van der Waals surface area contributed by atoms with Gasteiger partial charge in [0.15, 0.2) is 0 Å². The van der Waals surface area contributed by atoms with Crippen LogP contribution in [0.25, 0.3) is 11.0 Å². The molecule has 5 nitrogen and oxygen atoms in total. The first-order valence-corrected chi connectivity index (χ1v) is 6.03. The summed E-state index contributed by atoms with van der Waals surface area (Å²) in [5.74, 6) is 0. The molecular formula is C15H10N4O. The van der Waals surface area contributed by atoms with Crippen molar-refractivity contribution in [2.45, 2.75) is 0 Å². The maximum Gasteiger partial charge on any atom is 0.268 e. The molecule has 0 aliphatic rings. The van der Waals surface area contributed by atoms with Gasteiger partial charge in [-0.1, -0.05) is 18.2 Å². The third-order valence-corrected chi connectivity index (χ3v) is 2.92. The smallest absolute Gasteiger partial charge is 0.268 e. The number of fused-ring (bicyclic) bond motifs is 1. The number of para-hydroxylation sites is 1. The highest BCUT2D eigenvalue weighted by atomic mass is 16.1. The molecule has 3 rings (SSSR count). The van der Waals surface area contributed by atoms with Crippen LogP contribution < -0.4 is 10.9 Å². The second-order valence-electron chi connectivity index (χ2n) is 4.21. The Labute approximate surface area is 114 Å². The Kier molecular flexibility index (Phi) is 2.90.